The molecule has 110 valence electrons. The molecule has 0 saturated carbocycles. The van der Waals surface area contributed by atoms with Crippen LogP contribution in [0, 0.1) is 12.8 Å². The van der Waals surface area contributed by atoms with Gasteiger partial charge in [-0.2, -0.15) is 0 Å². The molecule has 0 aliphatic carbocycles. The van der Waals surface area contributed by atoms with Crippen molar-refractivity contribution in [2.24, 2.45) is 5.92 Å². The fourth-order valence-electron chi connectivity index (χ4n) is 1.81. The average Bonchev–Trinajstić information content (AvgIpc) is 2.41. The van der Waals surface area contributed by atoms with Gasteiger partial charge in [-0.05, 0) is 25.0 Å². The van der Waals surface area contributed by atoms with E-state index in [2.05, 4.69) is 10.6 Å². The lowest BCUT2D eigenvalue weighted by atomic mass is 9.99. The van der Waals surface area contributed by atoms with E-state index < -0.39 is 12.0 Å². The maximum Gasteiger partial charge on any atom is 0.320 e. The summed E-state index contributed by atoms with van der Waals surface area (Å²) in [4.78, 5) is 22.9. The minimum absolute atomic E-state index is 0.0187. The second-order valence-corrected chi connectivity index (χ2v) is 5.00. The first-order valence-electron chi connectivity index (χ1n) is 6.76. The van der Waals surface area contributed by atoms with Gasteiger partial charge in [0, 0.05) is 5.69 Å². The Balaban J connectivity index is 2.49. The molecule has 5 heteroatoms. The van der Waals surface area contributed by atoms with Gasteiger partial charge in [-0.1, -0.05) is 38.0 Å². The van der Waals surface area contributed by atoms with Crippen LogP contribution in [0.15, 0.2) is 24.3 Å². The van der Waals surface area contributed by atoms with E-state index in [0.717, 1.165) is 12.0 Å². The van der Waals surface area contributed by atoms with Crippen LogP contribution in [0.3, 0.4) is 0 Å². The summed E-state index contributed by atoms with van der Waals surface area (Å²) in [7, 11) is 0. The standard InChI is InChI=1S/C15H22N2O3/c1-4-11(3)14(15(19)20)16-9-13(18)17-12-7-5-10(2)6-8-12/h5-8,11,14,16H,4,9H2,1-3H3,(H,17,18)(H,19,20)/t11-,14-/m0/s1. The Morgan fingerprint density at radius 1 is 1.25 bits per heavy atom. The van der Waals surface area contributed by atoms with Crippen LogP contribution >= 0.6 is 0 Å². The zero-order valence-corrected chi connectivity index (χ0v) is 12.1. The molecule has 0 heterocycles. The molecule has 1 rings (SSSR count). The molecule has 20 heavy (non-hydrogen) atoms. The second kappa shape index (κ2) is 7.65. The largest absolute Gasteiger partial charge is 0.480 e. The third kappa shape index (κ3) is 5.01. The van der Waals surface area contributed by atoms with Crippen molar-refractivity contribution >= 4 is 17.6 Å². The number of aryl methyl sites for hydroxylation is 1. The molecule has 5 nitrogen and oxygen atoms in total. The normalized spacial score (nSPS) is 13.6. The molecule has 3 N–H and O–H groups in total. The number of carbonyl (C=O) groups excluding carboxylic acids is 1. The molecule has 1 aromatic carbocycles. The van der Waals surface area contributed by atoms with Gasteiger partial charge in [-0.3, -0.25) is 14.9 Å². The van der Waals surface area contributed by atoms with Gasteiger partial charge in [0.15, 0.2) is 0 Å². The highest BCUT2D eigenvalue weighted by atomic mass is 16.4. The number of hydrogen-bond acceptors (Lipinski definition) is 3. The highest BCUT2D eigenvalue weighted by Gasteiger charge is 2.23. The first-order chi connectivity index (χ1) is 9.43. The minimum Gasteiger partial charge on any atom is -0.480 e. The minimum atomic E-state index is -0.928. The molecule has 2 atom stereocenters. The molecule has 0 radical (unpaired) electrons. The fourth-order valence-corrected chi connectivity index (χ4v) is 1.81. The highest BCUT2D eigenvalue weighted by Crippen LogP contribution is 2.09. The molecule has 0 unspecified atom stereocenters. The summed E-state index contributed by atoms with van der Waals surface area (Å²) in [5, 5.41) is 14.6. The van der Waals surface area contributed by atoms with Crippen LogP contribution in [0.2, 0.25) is 0 Å². The van der Waals surface area contributed by atoms with E-state index in [9.17, 15) is 9.59 Å². The summed E-state index contributed by atoms with van der Waals surface area (Å²) in [6, 6.07) is 6.74. The molecule has 0 saturated heterocycles. The van der Waals surface area contributed by atoms with Crippen molar-refractivity contribution in [2.75, 3.05) is 11.9 Å². The molecular formula is C15H22N2O3. The summed E-state index contributed by atoms with van der Waals surface area (Å²) >= 11 is 0. The van der Waals surface area contributed by atoms with Gasteiger partial charge in [0.05, 0.1) is 6.54 Å². The predicted octanol–water partition coefficient (Wildman–Crippen LogP) is 2.02. The van der Waals surface area contributed by atoms with Gasteiger partial charge >= 0.3 is 5.97 Å². The molecular weight excluding hydrogens is 256 g/mol. The number of hydrogen-bond donors (Lipinski definition) is 3. The lowest BCUT2D eigenvalue weighted by molar-refractivity contribution is -0.140. The van der Waals surface area contributed by atoms with Crippen LogP contribution in [0.4, 0.5) is 5.69 Å². The Kier molecular flexibility index (Phi) is 6.18. The van der Waals surface area contributed by atoms with Crippen LogP contribution < -0.4 is 10.6 Å². The maximum absolute atomic E-state index is 11.8. The number of nitrogens with one attached hydrogen (secondary N) is 2. The third-order valence-corrected chi connectivity index (χ3v) is 3.30. The number of rotatable bonds is 7. The Bertz CT molecular complexity index is 457. The Labute approximate surface area is 119 Å². The molecule has 0 bridgehead atoms. The fraction of sp³-hybridized carbons (Fsp3) is 0.467. The molecule has 0 aromatic heterocycles. The lowest BCUT2D eigenvalue weighted by Gasteiger charge is -2.19. The summed E-state index contributed by atoms with van der Waals surface area (Å²) < 4.78 is 0. The highest BCUT2D eigenvalue weighted by molar-refractivity contribution is 5.92. The molecule has 1 amide bonds. The number of anilines is 1. The topological polar surface area (TPSA) is 78.4 Å². The van der Waals surface area contributed by atoms with E-state index >= 15 is 0 Å². The smallest absolute Gasteiger partial charge is 0.320 e. The van der Waals surface area contributed by atoms with Crippen molar-refractivity contribution in [1.82, 2.24) is 5.32 Å². The number of amides is 1. The average molecular weight is 278 g/mol. The number of carbonyl (C=O) groups is 2. The monoisotopic (exact) mass is 278 g/mol. The summed E-state index contributed by atoms with van der Waals surface area (Å²) in [6.45, 7) is 5.73. The van der Waals surface area contributed by atoms with E-state index in [0.29, 0.717) is 5.69 Å². The van der Waals surface area contributed by atoms with E-state index in [1.807, 2.05) is 45.0 Å². The van der Waals surface area contributed by atoms with Gasteiger partial charge in [0.25, 0.3) is 0 Å². The molecule has 0 spiro atoms. The maximum atomic E-state index is 11.8. The summed E-state index contributed by atoms with van der Waals surface area (Å²) in [5.74, 6) is -1.20. The second-order valence-electron chi connectivity index (χ2n) is 5.00. The summed E-state index contributed by atoms with van der Waals surface area (Å²) in [6.07, 6.45) is 0.740. The first kappa shape index (κ1) is 16.2. The van der Waals surface area contributed by atoms with Crippen LogP contribution in [-0.4, -0.2) is 29.6 Å². The zero-order valence-electron chi connectivity index (χ0n) is 12.1. The summed E-state index contributed by atoms with van der Waals surface area (Å²) in [5.41, 5.74) is 1.82. The van der Waals surface area contributed by atoms with Crippen LogP contribution in [0.5, 0.6) is 0 Å². The number of carboxylic acid groups (broad SMARTS) is 1. The zero-order chi connectivity index (χ0) is 15.1. The van der Waals surface area contributed by atoms with Crippen molar-refractivity contribution in [3.63, 3.8) is 0 Å². The molecule has 0 aliphatic heterocycles. The third-order valence-electron chi connectivity index (χ3n) is 3.30. The number of aliphatic carboxylic acids is 1. The SMILES string of the molecule is CC[C@H](C)[C@H](NCC(=O)Nc1ccc(C)cc1)C(=O)O. The van der Waals surface area contributed by atoms with Crippen LogP contribution in [-0.2, 0) is 9.59 Å². The van der Waals surface area contributed by atoms with E-state index in [1.165, 1.54) is 0 Å². The van der Waals surface area contributed by atoms with Gasteiger partial charge in [-0.25, -0.2) is 0 Å². The first-order valence-corrected chi connectivity index (χ1v) is 6.76. The van der Waals surface area contributed by atoms with Crippen molar-refractivity contribution in [2.45, 2.75) is 33.2 Å². The number of benzene rings is 1. The van der Waals surface area contributed by atoms with Crippen molar-refractivity contribution in [1.29, 1.82) is 0 Å². The predicted molar refractivity (Wildman–Crippen MR) is 78.7 cm³/mol. The van der Waals surface area contributed by atoms with Gasteiger partial charge in [0.1, 0.15) is 6.04 Å². The van der Waals surface area contributed by atoms with E-state index in [4.69, 9.17) is 5.11 Å². The van der Waals surface area contributed by atoms with Crippen molar-refractivity contribution in [3.8, 4) is 0 Å². The van der Waals surface area contributed by atoms with Crippen LogP contribution in [0.1, 0.15) is 25.8 Å². The van der Waals surface area contributed by atoms with Gasteiger partial charge in [0.2, 0.25) is 5.91 Å². The Morgan fingerprint density at radius 2 is 1.85 bits per heavy atom. The molecule has 0 aliphatic rings. The van der Waals surface area contributed by atoms with E-state index in [-0.39, 0.29) is 18.4 Å². The van der Waals surface area contributed by atoms with Gasteiger partial charge in [-0.15, -0.1) is 0 Å². The Morgan fingerprint density at radius 3 is 2.35 bits per heavy atom. The van der Waals surface area contributed by atoms with Crippen molar-refractivity contribution < 1.29 is 14.7 Å². The van der Waals surface area contributed by atoms with Crippen molar-refractivity contribution in [3.05, 3.63) is 29.8 Å². The van der Waals surface area contributed by atoms with Gasteiger partial charge < -0.3 is 10.4 Å². The Hall–Kier alpha value is -1.88. The van der Waals surface area contributed by atoms with Crippen LogP contribution in [0.25, 0.3) is 0 Å². The number of carboxylic acids is 1. The molecule has 1 aromatic rings. The quantitative estimate of drug-likeness (QED) is 0.713. The van der Waals surface area contributed by atoms with E-state index in [1.54, 1.807) is 0 Å². The molecule has 0 fully saturated rings. The lowest BCUT2D eigenvalue weighted by Crippen LogP contribution is -2.45.